The molecule has 5 nitrogen and oxygen atoms in total. The summed E-state index contributed by atoms with van der Waals surface area (Å²) in [5.41, 5.74) is 2.27. The van der Waals surface area contributed by atoms with Crippen molar-refractivity contribution in [1.29, 1.82) is 0 Å². The summed E-state index contributed by atoms with van der Waals surface area (Å²) >= 11 is 0. The number of aryl methyl sites for hydroxylation is 1. The second-order valence-electron chi connectivity index (χ2n) is 5.08. The predicted molar refractivity (Wildman–Crippen MR) is 87.7 cm³/mol. The van der Waals surface area contributed by atoms with E-state index < -0.39 is 12.1 Å². The van der Waals surface area contributed by atoms with E-state index in [1.165, 1.54) is 7.11 Å². The highest BCUT2D eigenvalue weighted by Gasteiger charge is 2.15. The number of para-hydroxylation sites is 1. The van der Waals surface area contributed by atoms with Gasteiger partial charge in [0.15, 0.2) is 6.10 Å². The lowest BCUT2D eigenvalue weighted by Gasteiger charge is -2.13. The molecule has 2 rings (SSSR count). The van der Waals surface area contributed by atoms with E-state index in [0.717, 1.165) is 11.3 Å². The fourth-order valence-electron chi connectivity index (χ4n) is 2.01. The Labute approximate surface area is 135 Å². The number of rotatable bonds is 5. The van der Waals surface area contributed by atoms with Gasteiger partial charge < -0.3 is 14.8 Å². The SMILES string of the molecule is COC(=O)[C@H](C)Oc1ccc(C(=O)Nc2ccccc2C)cc1. The molecule has 5 heteroatoms. The van der Waals surface area contributed by atoms with Crippen LogP contribution >= 0.6 is 0 Å². The summed E-state index contributed by atoms with van der Waals surface area (Å²) in [6.07, 6.45) is -0.702. The Bertz CT molecular complexity index is 694. The quantitative estimate of drug-likeness (QED) is 0.861. The fraction of sp³-hybridized carbons (Fsp3) is 0.222. The van der Waals surface area contributed by atoms with Crippen LogP contribution < -0.4 is 10.1 Å². The predicted octanol–water partition coefficient (Wildman–Crippen LogP) is 3.19. The van der Waals surface area contributed by atoms with E-state index in [1.54, 1.807) is 31.2 Å². The molecule has 0 saturated heterocycles. The molecule has 1 atom stereocenters. The maximum atomic E-state index is 12.2. The van der Waals surface area contributed by atoms with Crippen LogP contribution in [0.1, 0.15) is 22.8 Å². The van der Waals surface area contributed by atoms with E-state index in [2.05, 4.69) is 10.1 Å². The highest BCUT2D eigenvalue weighted by molar-refractivity contribution is 6.04. The molecule has 0 aliphatic heterocycles. The minimum atomic E-state index is -0.702. The van der Waals surface area contributed by atoms with E-state index in [0.29, 0.717) is 11.3 Å². The zero-order chi connectivity index (χ0) is 16.8. The van der Waals surface area contributed by atoms with Crippen LogP contribution in [0.3, 0.4) is 0 Å². The van der Waals surface area contributed by atoms with Gasteiger partial charge in [-0.15, -0.1) is 0 Å². The number of carbonyl (C=O) groups is 2. The van der Waals surface area contributed by atoms with Gasteiger partial charge in [-0.05, 0) is 49.7 Å². The van der Waals surface area contributed by atoms with Gasteiger partial charge in [0.2, 0.25) is 0 Å². The number of ether oxygens (including phenoxy) is 2. The van der Waals surface area contributed by atoms with Crippen molar-refractivity contribution in [3.05, 3.63) is 59.7 Å². The van der Waals surface area contributed by atoms with Crippen molar-refractivity contribution in [2.45, 2.75) is 20.0 Å². The molecule has 0 aliphatic carbocycles. The Kier molecular flexibility index (Phi) is 5.36. The molecule has 0 heterocycles. The summed E-state index contributed by atoms with van der Waals surface area (Å²) in [6, 6.07) is 14.1. The first-order valence-electron chi connectivity index (χ1n) is 7.23. The number of nitrogens with one attached hydrogen (secondary N) is 1. The van der Waals surface area contributed by atoms with E-state index in [-0.39, 0.29) is 5.91 Å². The average Bonchev–Trinajstić information content (AvgIpc) is 2.56. The Morgan fingerprint density at radius 3 is 2.30 bits per heavy atom. The molecule has 0 bridgehead atoms. The van der Waals surface area contributed by atoms with Gasteiger partial charge in [-0.25, -0.2) is 4.79 Å². The van der Waals surface area contributed by atoms with Gasteiger partial charge in [-0.1, -0.05) is 18.2 Å². The van der Waals surface area contributed by atoms with Crippen LogP contribution in [-0.4, -0.2) is 25.1 Å². The first-order valence-corrected chi connectivity index (χ1v) is 7.23. The molecular formula is C18H19NO4. The molecule has 2 aromatic carbocycles. The number of esters is 1. The molecule has 23 heavy (non-hydrogen) atoms. The molecule has 120 valence electrons. The van der Waals surface area contributed by atoms with E-state index >= 15 is 0 Å². The number of hydrogen-bond donors (Lipinski definition) is 1. The summed E-state index contributed by atoms with van der Waals surface area (Å²) in [6.45, 7) is 3.53. The molecule has 1 amide bonds. The lowest BCUT2D eigenvalue weighted by atomic mass is 10.1. The third-order valence-electron chi connectivity index (χ3n) is 3.36. The second-order valence-corrected chi connectivity index (χ2v) is 5.08. The van der Waals surface area contributed by atoms with E-state index in [9.17, 15) is 9.59 Å². The molecule has 0 aliphatic rings. The number of hydrogen-bond acceptors (Lipinski definition) is 4. The van der Waals surface area contributed by atoms with Crippen LogP contribution in [0, 0.1) is 6.92 Å². The number of carbonyl (C=O) groups excluding carboxylic acids is 2. The monoisotopic (exact) mass is 313 g/mol. The van der Waals surface area contributed by atoms with Gasteiger partial charge in [-0.3, -0.25) is 4.79 Å². The normalized spacial score (nSPS) is 11.4. The fourth-order valence-corrected chi connectivity index (χ4v) is 2.01. The Morgan fingerprint density at radius 1 is 1.04 bits per heavy atom. The number of benzene rings is 2. The molecule has 0 radical (unpaired) electrons. The molecule has 2 aromatic rings. The van der Waals surface area contributed by atoms with Crippen molar-refractivity contribution in [3.8, 4) is 5.75 Å². The lowest BCUT2D eigenvalue weighted by Crippen LogP contribution is -2.24. The van der Waals surface area contributed by atoms with Crippen molar-refractivity contribution >= 4 is 17.6 Å². The van der Waals surface area contributed by atoms with Crippen molar-refractivity contribution < 1.29 is 19.1 Å². The summed E-state index contributed by atoms with van der Waals surface area (Å²) < 4.78 is 10.0. The Morgan fingerprint density at radius 2 is 1.70 bits per heavy atom. The van der Waals surface area contributed by atoms with Crippen molar-refractivity contribution in [2.75, 3.05) is 12.4 Å². The highest BCUT2D eigenvalue weighted by Crippen LogP contribution is 2.17. The van der Waals surface area contributed by atoms with Crippen molar-refractivity contribution in [2.24, 2.45) is 0 Å². The molecule has 0 spiro atoms. The highest BCUT2D eigenvalue weighted by atomic mass is 16.6. The summed E-state index contributed by atoms with van der Waals surface area (Å²) in [5, 5.41) is 2.86. The average molecular weight is 313 g/mol. The molecule has 0 fully saturated rings. The maximum absolute atomic E-state index is 12.2. The summed E-state index contributed by atoms with van der Waals surface area (Å²) in [7, 11) is 1.31. The van der Waals surface area contributed by atoms with Gasteiger partial charge in [0.1, 0.15) is 5.75 Å². The minimum Gasteiger partial charge on any atom is -0.479 e. The van der Waals surface area contributed by atoms with Crippen molar-refractivity contribution in [1.82, 2.24) is 0 Å². The van der Waals surface area contributed by atoms with Gasteiger partial charge in [0.05, 0.1) is 7.11 Å². The van der Waals surface area contributed by atoms with Gasteiger partial charge >= 0.3 is 5.97 Å². The van der Waals surface area contributed by atoms with Crippen LogP contribution in [0.5, 0.6) is 5.75 Å². The standard InChI is InChI=1S/C18H19NO4/c1-12-6-4-5-7-16(12)19-17(20)14-8-10-15(11-9-14)23-13(2)18(21)22-3/h4-11,13H,1-3H3,(H,19,20)/t13-/m0/s1. The van der Waals surface area contributed by atoms with Crippen LogP contribution in [-0.2, 0) is 9.53 Å². The number of amides is 1. The maximum Gasteiger partial charge on any atom is 0.346 e. The topological polar surface area (TPSA) is 64.6 Å². The first kappa shape index (κ1) is 16.5. The lowest BCUT2D eigenvalue weighted by molar-refractivity contribution is -0.147. The molecule has 0 aromatic heterocycles. The molecule has 0 unspecified atom stereocenters. The van der Waals surface area contributed by atoms with Crippen LogP contribution in [0.2, 0.25) is 0 Å². The van der Waals surface area contributed by atoms with E-state index in [4.69, 9.17) is 4.74 Å². The second kappa shape index (κ2) is 7.45. The first-order chi connectivity index (χ1) is 11.0. The zero-order valence-electron chi connectivity index (χ0n) is 13.3. The molecule has 1 N–H and O–H groups in total. The van der Waals surface area contributed by atoms with Crippen LogP contribution in [0.4, 0.5) is 5.69 Å². The molecular weight excluding hydrogens is 294 g/mol. The Balaban J connectivity index is 2.03. The number of anilines is 1. The number of methoxy groups -OCH3 is 1. The van der Waals surface area contributed by atoms with Gasteiger partial charge in [0.25, 0.3) is 5.91 Å². The van der Waals surface area contributed by atoms with Gasteiger partial charge in [0, 0.05) is 11.3 Å². The van der Waals surface area contributed by atoms with Crippen LogP contribution in [0.25, 0.3) is 0 Å². The third-order valence-corrected chi connectivity index (χ3v) is 3.36. The van der Waals surface area contributed by atoms with Crippen molar-refractivity contribution in [3.63, 3.8) is 0 Å². The smallest absolute Gasteiger partial charge is 0.346 e. The summed E-state index contributed by atoms with van der Waals surface area (Å²) in [5.74, 6) is -0.159. The molecule has 0 saturated carbocycles. The van der Waals surface area contributed by atoms with E-state index in [1.807, 2.05) is 31.2 Å². The minimum absolute atomic E-state index is 0.202. The third kappa shape index (κ3) is 4.32. The largest absolute Gasteiger partial charge is 0.479 e. The van der Waals surface area contributed by atoms with Gasteiger partial charge in [-0.2, -0.15) is 0 Å². The Hall–Kier alpha value is -2.82. The zero-order valence-corrected chi connectivity index (χ0v) is 13.3. The summed E-state index contributed by atoms with van der Waals surface area (Å²) in [4.78, 5) is 23.5. The van der Waals surface area contributed by atoms with Crippen LogP contribution in [0.15, 0.2) is 48.5 Å².